The van der Waals surface area contributed by atoms with E-state index in [9.17, 15) is 13.2 Å². The van der Waals surface area contributed by atoms with Crippen LogP contribution in [0.15, 0.2) is 42.6 Å². The van der Waals surface area contributed by atoms with Gasteiger partial charge in [0.1, 0.15) is 0 Å². The Balaban J connectivity index is 2.04. The van der Waals surface area contributed by atoms with Crippen LogP contribution < -0.4 is 5.73 Å². The lowest BCUT2D eigenvalue weighted by molar-refractivity contribution is -0.137. The molecule has 108 valence electrons. The molecule has 2 aromatic heterocycles. The van der Waals surface area contributed by atoms with Crippen molar-refractivity contribution in [2.24, 2.45) is 5.73 Å². The van der Waals surface area contributed by atoms with Crippen LogP contribution in [0.3, 0.4) is 0 Å². The third-order valence-electron chi connectivity index (χ3n) is 3.11. The van der Waals surface area contributed by atoms with E-state index in [0.717, 1.165) is 27.9 Å². The first-order valence-corrected chi connectivity index (χ1v) is 6.20. The summed E-state index contributed by atoms with van der Waals surface area (Å²) in [4.78, 5) is 4.21. The second-order valence-electron chi connectivity index (χ2n) is 4.55. The number of alkyl halides is 3. The highest BCUT2D eigenvalue weighted by molar-refractivity contribution is 5.58. The van der Waals surface area contributed by atoms with Crippen LogP contribution in [-0.2, 0) is 12.7 Å². The molecular weight excluding hydrogens is 281 g/mol. The standard InChI is InChI=1S/C14H11F3N4/c15-14(16,17)11-5-6-12-19-13(20-21(12)8-11)10-3-1-9(7-18)2-4-10/h1-6,8H,7,18H2. The number of benzene rings is 1. The Bertz CT molecular complexity index is 775. The van der Waals surface area contributed by atoms with Gasteiger partial charge in [0.05, 0.1) is 5.56 Å². The third-order valence-corrected chi connectivity index (χ3v) is 3.11. The quantitative estimate of drug-likeness (QED) is 0.790. The van der Waals surface area contributed by atoms with Crippen molar-refractivity contribution in [2.75, 3.05) is 0 Å². The third kappa shape index (κ3) is 2.59. The number of halogens is 3. The van der Waals surface area contributed by atoms with Gasteiger partial charge in [0.25, 0.3) is 0 Å². The average molecular weight is 292 g/mol. The molecule has 2 heterocycles. The first kappa shape index (κ1) is 13.6. The molecule has 0 saturated heterocycles. The molecule has 0 amide bonds. The van der Waals surface area contributed by atoms with E-state index in [0.29, 0.717) is 18.0 Å². The first-order chi connectivity index (χ1) is 9.97. The maximum atomic E-state index is 12.7. The normalized spacial score (nSPS) is 12.0. The molecule has 7 heteroatoms. The summed E-state index contributed by atoms with van der Waals surface area (Å²) in [5.41, 5.74) is 6.80. The maximum absolute atomic E-state index is 12.7. The van der Waals surface area contributed by atoms with Crippen molar-refractivity contribution in [3.05, 3.63) is 53.7 Å². The molecule has 0 fully saturated rings. The van der Waals surface area contributed by atoms with Gasteiger partial charge < -0.3 is 5.73 Å². The van der Waals surface area contributed by atoms with Gasteiger partial charge in [-0.15, -0.1) is 5.10 Å². The number of nitrogens with zero attached hydrogens (tertiary/aromatic N) is 3. The van der Waals surface area contributed by atoms with Crippen LogP contribution in [0.25, 0.3) is 17.0 Å². The molecule has 0 spiro atoms. The summed E-state index contributed by atoms with van der Waals surface area (Å²) < 4.78 is 39.1. The van der Waals surface area contributed by atoms with Crippen molar-refractivity contribution in [2.45, 2.75) is 12.7 Å². The Hall–Kier alpha value is -2.41. The molecule has 0 atom stereocenters. The van der Waals surface area contributed by atoms with Gasteiger partial charge in [0, 0.05) is 18.3 Å². The van der Waals surface area contributed by atoms with Crippen LogP contribution >= 0.6 is 0 Å². The number of fused-ring (bicyclic) bond motifs is 1. The van der Waals surface area contributed by atoms with Gasteiger partial charge in [-0.3, -0.25) is 0 Å². The van der Waals surface area contributed by atoms with Gasteiger partial charge >= 0.3 is 6.18 Å². The molecule has 0 bridgehead atoms. The summed E-state index contributed by atoms with van der Waals surface area (Å²) in [6, 6.07) is 9.55. The van der Waals surface area contributed by atoms with E-state index >= 15 is 0 Å². The first-order valence-electron chi connectivity index (χ1n) is 6.20. The molecule has 4 nitrogen and oxygen atoms in total. The van der Waals surface area contributed by atoms with Crippen molar-refractivity contribution in [3.8, 4) is 11.4 Å². The summed E-state index contributed by atoms with van der Waals surface area (Å²) in [7, 11) is 0. The van der Waals surface area contributed by atoms with E-state index in [1.54, 1.807) is 12.1 Å². The monoisotopic (exact) mass is 292 g/mol. The molecule has 0 aliphatic rings. The molecule has 21 heavy (non-hydrogen) atoms. The van der Waals surface area contributed by atoms with E-state index < -0.39 is 11.7 Å². The van der Waals surface area contributed by atoms with Gasteiger partial charge in [0.2, 0.25) is 0 Å². The second-order valence-corrected chi connectivity index (χ2v) is 4.55. The van der Waals surface area contributed by atoms with E-state index in [1.807, 2.05) is 12.1 Å². The van der Waals surface area contributed by atoms with Crippen LogP contribution in [0, 0.1) is 0 Å². The lowest BCUT2D eigenvalue weighted by Crippen LogP contribution is -2.06. The molecule has 0 saturated carbocycles. The number of nitrogens with two attached hydrogens (primary N) is 1. The van der Waals surface area contributed by atoms with E-state index in [-0.39, 0.29) is 0 Å². The van der Waals surface area contributed by atoms with Crippen LogP contribution in [0.4, 0.5) is 13.2 Å². The fourth-order valence-electron chi connectivity index (χ4n) is 1.96. The number of rotatable bonds is 2. The van der Waals surface area contributed by atoms with Crippen molar-refractivity contribution in [1.29, 1.82) is 0 Å². The molecule has 1 aromatic carbocycles. The fraction of sp³-hybridized carbons (Fsp3) is 0.143. The van der Waals surface area contributed by atoms with E-state index in [1.165, 1.54) is 6.07 Å². The number of pyridine rings is 1. The zero-order valence-corrected chi connectivity index (χ0v) is 10.8. The minimum Gasteiger partial charge on any atom is -0.326 e. The Labute approximate surface area is 118 Å². The molecule has 0 aliphatic heterocycles. The molecule has 3 rings (SSSR count). The van der Waals surface area contributed by atoms with Gasteiger partial charge in [-0.05, 0) is 17.7 Å². The molecule has 0 unspecified atom stereocenters. The Morgan fingerprint density at radius 3 is 2.38 bits per heavy atom. The summed E-state index contributed by atoms with van der Waals surface area (Å²) in [6.45, 7) is 0.424. The molecule has 3 aromatic rings. The minimum absolute atomic E-state index is 0.362. The van der Waals surface area contributed by atoms with Gasteiger partial charge in [0.15, 0.2) is 11.5 Å². The zero-order chi connectivity index (χ0) is 15.0. The summed E-state index contributed by atoms with van der Waals surface area (Å²) >= 11 is 0. The highest BCUT2D eigenvalue weighted by atomic mass is 19.4. The fourth-order valence-corrected chi connectivity index (χ4v) is 1.96. The molecular formula is C14H11F3N4. The van der Waals surface area contributed by atoms with E-state index in [4.69, 9.17) is 5.73 Å². The van der Waals surface area contributed by atoms with Crippen LogP contribution in [-0.4, -0.2) is 14.6 Å². The van der Waals surface area contributed by atoms with Crippen molar-refractivity contribution in [1.82, 2.24) is 14.6 Å². The predicted molar refractivity (Wildman–Crippen MR) is 71.3 cm³/mol. The zero-order valence-electron chi connectivity index (χ0n) is 10.8. The van der Waals surface area contributed by atoms with Crippen LogP contribution in [0.5, 0.6) is 0 Å². The highest BCUT2D eigenvalue weighted by Crippen LogP contribution is 2.29. The minimum atomic E-state index is -4.40. The molecule has 2 N–H and O–H groups in total. The van der Waals surface area contributed by atoms with E-state index in [2.05, 4.69) is 10.1 Å². The Morgan fingerprint density at radius 2 is 1.76 bits per heavy atom. The van der Waals surface area contributed by atoms with Gasteiger partial charge in [-0.2, -0.15) is 13.2 Å². The topological polar surface area (TPSA) is 56.2 Å². The maximum Gasteiger partial charge on any atom is 0.417 e. The predicted octanol–water partition coefficient (Wildman–Crippen LogP) is 2.87. The number of hydrogen-bond acceptors (Lipinski definition) is 3. The van der Waals surface area contributed by atoms with Crippen molar-refractivity contribution < 1.29 is 13.2 Å². The van der Waals surface area contributed by atoms with Crippen molar-refractivity contribution in [3.63, 3.8) is 0 Å². The number of hydrogen-bond donors (Lipinski definition) is 1. The smallest absolute Gasteiger partial charge is 0.326 e. The lowest BCUT2D eigenvalue weighted by Gasteiger charge is -2.05. The van der Waals surface area contributed by atoms with Gasteiger partial charge in [-0.25, -0.2) is 9.50 Å². The Kier molecular flexibility index (Phi) is 3.13. The summed E-state index contributed by atoms with van der Waals surface area (Å²) in [5, 5.41) is 4.09. The molecule has 0 radical (unpaired) electrons. The van der Waals surface area contributed by atoms with Crippen LogP contribution in [0.2, 0.25) is 0 Å². The lowest BCUT2D eigenvalue weighted by atomic mass is 10.1. The second kappa shape index (κ2) is 4.85. The number of aromatic nitrogens is 3. The summed E-state index contributed by atoms with van der Waals surface area (Å²) in [5.74, 6) is 0.373. The largest absolute Gasteiger partial charge is 0.417 e. The highest BCUT2D eigenvalue weighted by Gasteiger charge is 2.31. The molecule has 0 aliphatic carbocycles. The Morgan fingerprint density at radius 1 is 1.05 bits per heavy atom. The van der Waals surface area contributed by atoms with Gasteiger partial charge in [-0.1, -0.05) is 24.3 Å². The van der Waals surface area contributed by atoms with Crippen molar-refractivity contribution >= 4 is 5.65 Å². The van der Waals surface area contributed by atoms with Crippen LogP contribution in [0.1, 0.15) is 11.1 Å². The SMILES string of the molecule is NCc1ccc(-c2nc3ccc(C(F)(F)F)cn3n2)cc1. The average Bonchev–Trinajstić information content (AvgIpc) is 2.89. The summed E-state index contributed by atoms with van der Waals surface area (Å²) in [6.07, 6.45) is -3.47.